The Hall–Kier alpha value is -4.34. The summed E-state index contributed by atoms with van der Waals surface area (Å²) < 4.78 is 34.4. The molecule has 1 N–H and O–H groups in total. The minimum absolute atomic E-state index is 0.00716. The van der Waals surface area contributed by atoms with Crippen molar-refractivity contribution >= 4 is 39.1 Å². The summed E-state index contributed by atoms with van der Waals surface area (Å²) in [7, 11) is -2.77. The van der Waals surface area contributed by atoms with Crippen LogP contribution in [0.4, 0.5) is 5.69 Å². The van der Waals surface area contributed by atoms with Crippen molar-refractivity contribution in [2.75, 3.05) is 18.0 Å². The van der Waals surface area contributed by atoms with E-state index in [1.807, 2.05) is 74.5 Å². The molecule has 0 radical (unpaired) electrons. The van der Waals surface area contributed by atoms with Gasteiger partial charge in [-0.2, -0.15) is 0 Å². The van der Waals surface area contributed by atoms with E-state index in [4.69, 9.17) is 16.3 Å². The third-order valence-corrected chi connectivity index (χ3v) is 9.01. The van der Waals surface area contributed by atoms with Gasteiger partial charge in [0, 0.05) is 19.0 Å². The number of halogens is 1. The topological polar surface area (TPSA) is 96.0 Å². The zero-order valence-corrected chi connectivity index (χ0v) is 26.5. The lowest BCUT2D eigenvalue weighted by Gasteiger charge is -2.34. The molecule has 0 heterocycles. The molecule has 0 unspecified atom stereocenters. The quantitative estimate of drug-likeness (QED) is 0.204. The van der Waals surface area contributed by atoms with E-state index < -0.39 is 28.5 Å². The normalized spacial score (nSPS) is 11.9. The summed E-state index contributed by atoms with van der Waals surface area (Å²) in [5, 5.41) is 3.13. The molecule has 44 heavy (non-hydrogen) atoms. The number of hydrogen-bond acceptors (Lipinski definition) is 5. The van der Waals surface area contributed by atoms with Gasteiger partial charge in [-0.3, -0.25) is 13.9 Å². The highest BCUT2D eigenvalue weighted by Gasteiger charge is 2.35. The van der Waals surface area contributed by atoms with Crippen LogP contribution in [0.15, 0.2) is 114 Å². The number of carbonyl (C=O) groups excluding carboxylic acids is 2. The summed E-state index contributed by atoms with van der Waals surface area (Å²) >= 11 is 6.41. The van der Waals surface area contributed by atoms with Gasteiger partial charge in [-0.05, 0) is 55.3 Å². The fourth-order valence-electron chi connectivity index (χ4n) is 4.77. The van der Waals surface area contributed by atoms with Crippen molar-refractivity contribution in [3.63, 3.8) is 0 Å². The number of hydrogen-bond donors (Lipinski definition) is 1. The zero-order chi connectivity index (χ0) is 31.7. The molecule has 8 nitrogen and oxygen atoms in total. The van der Waals surface area contributed by atoms with Crippen LogP contribution in [-0.2, 0) is 32.6 Å². The first kappa shape index (κ1) is 32.6. The van der Waals surface area contributed by atoms with Crippen LogP contribution in [0.5, 0.6) is 5.75 Å². The van der Waals surface area contributed by atoms with E-state index in [2.05, 4.69) is 5.32 Å². The predicted octanol–water partition coefficient (Wildman–Crippen LogP) is 5.71. The van der Waals surface area contributed by atoms with Crippen LogP contribution < -0.4 is 14.4 Å². The lowest BCUT2D eigenvalue weighted by atomic mass is 10.0. The highest BCUT2D eigenvalue weighted by molar-refractivity contribution is 7.92. The smallest absolute Gasteiger partial charge is 0.264 e. The summed E-state index contributed by atoms with van der Waals surface area (Å²) in [6, 6.07) is 30.0. The van der Waals surface area contributed by atoms with Gasteiger partial charge in [-0.15, -0.1) is 0 Å². The number of carbonyl (C=O) groups is 2. The third-order valence-electron chi connectivity index (χ3n) is 6.93. The van der Waals surface area contributed by atoms with E-state index in [0.29, 0.717) is 5.75 Å². The van der Waals surface area contributed by atoms with Gasteiger partial charge in [0.05, 0.1) is 22.7 Å². The number of sulfonamides is 1. The van der Waals surface area contributed by atoms with Gasteiger partial charge < -0.3 is 15.0 Å². The first-order valence-electron chi connectivity index (χ1n) is 14.2. The van der Waals surface area contributed by atoms with Crippen LogP contribution in [0, 0.1) is 0 Å². The molecule has 0 fully saturated rings. The van der Waals surface area contributed by atoms with Gasteiger partial charge in [0.25, 0.3) is 10.0 Å². The first-order chi connectivity index (χ1) is 21.1. The van der Waals surface area contributed by atoms with Crippen LogP contribution in [0.1, 0.15) is 25.0 Å². The largest absolute Gasteiger partial charge is 0.495 e. The number of anilines is 1. The van der Waals surface area contributed by atoms with Gasteiger partial charge in [-0.1, -0.05) is 90.5 Å². The van der Waals surface area contributed by atoms with Crippen molar-refractivity contribution in [3.05, 3.63) is 125 Å². The summed E-state index contributed by atoms with van der Waals surface area (Å²) in [5.74, 6) is -0.531. The Morgan fingerprint density at radius 1 is 0.841 bits per heavy atom. The molecule has 0 aliphatic heterocycles. The molecular formula is C34H36ClN3O5S. The number of ether oxygens (including phenoxy) is 1. The summed E-state index contributed by atoms with van der Waals surface area (Å²) in [4.78, 5) is 29.6. The summed E-state index contributed by atoms with van der Waals surface area (Å²) in [6.07, 6.45) is 0.234. The number of nitrogens with zero attached hydrogens (tertiary/aromatic N) is 2. The fourth-order valence-corrected chi connectivity index (χ4v) is 6.45. The average molecular weight is 634 g/mol. The molecule has 10 heteroatoms. The number of methoxy groups -OCH3 is 1. The van der Waals surface area contributed by atoms with Gasteiger partial charge >= 0.3 is 0 Å². The molecule has 4 rings (SSSR count). The molecule has 0 saturated carbocycles. The van der Waals surface area contributed by atoms with Crippen molar-refractivity contribution in [1.29, 1.82) is 0 Å². The van der Waals surface area contributed by atoms with E-state index >= 15 is 0 Å². The Bertz CT molecular complexity index is 1650. The Labute approximate surface area is 264 Å². The van der Waals surface area contributed by atoms with Gasteiger partial charge in [0.1, 0.15) is 18.3 Å². The van der Waals surface area contributed by atoms with E-state index in [1.54, 1.807) is 24.3 Å². The minimum Gasteiger partial charge on any atom is -0.495 e. The predicted molar refractivity (Wildman–Crippen MR) is 173 cm³/mol. The number of rotatable bonds is 13. The molecule has 0 saturated heterocycles. The molecule has 0 spiro atoms. The molecule has 0 aromatic heterocycles. The van der Waals surface area contributed by atoms with Gasteiger partial charge in [0.2, 0.25) is 11.8 Å². The highest BCUT2D eigenvalue weighted by Crippen LogP contribution is 2.32. The van der Waals surface area contributed by atoms with Crippen molar-refractivity contribution in [2.45, 2.75) is 43.8 Å². The number of nitrogens with one attached hydrogen (secondary N) is 1. The van der Waals surface area contributed by atoms with Crippen molar-refractivity contribution in [3.8, 4) is 5.75 Å². The molecule has 4 aromatic carbocycles. The molecule has 2 amide bonds. The Kier molecular flexibility index (Phi) is 11.0. The summed E-state index contributed by atoms with van der Waals surface area (Å²) in [6.45, 7) is 3.21. The third kappa shape index (κ3) is 8.18. The number of amides is 2. The maximum absolute atomic E-state index is 14.4. The van der Waals surface area contributed by atoms with E-state index in [-0.39, 0.29) is 40.5 Å². The van der Waals surface area contributed by atoms with Gasteiger partial charge in [0.15, 0.2) is 0 Å². The SMILES string of the molecule is COc1ccc(N(CC(=O)N(Cc2ccccc2)[C@H](Cc2ccccc2)C(=O)NC(C)C)S(=O)(=O)c2ccccc2)cc1Cl. The van der Waals surface area contributed by atoms with Crippen LogP contribution in [0.2, 0.25) is 5.02 Å². The second-order valence-electron chi connectivity index (χ2n) is 10.5. The number of benzene rings is 4. The van der Waals surface area contributed by atoms with Crippen LogP contribution in [0.25, 0.3) is 0 Å². The van der Waals surface area contributed by atoms with Crippen LogP contribution in [0.3, 0.4) is 0 Å². The zero-order valence-electron chi connectivity index (χ0n) is 24.9. The maximum atomic E-state index is 14.4. The van der Waals surface area contributed by atoms with E-state index in [1.165, 1.54) is 36.3 Å². The van der Waals surface area contributed by atoms with Crippen molar-refractivity contribution in [1.82, 2.24) is 10.2 Å². The van der Waals surface area contributed by atoms with Gasteiger partial charge in [-0.25, -0.2) is 8.42 Å². The average Bonchev–Trinajstić information content (AvgIpc) is 3.02. The standard InChI is InChI=1S/C34H36ClN3O5S/c1-25(2)36-34(40)31(21-26-13-7-4-8-14-26)37(23-27-15-9-5-10-16-27)33(39)24-38(28-19-20-32(43-3)30(35)22-28)44(41,42)29-17-11-6-12-18-29/h4-20,22,25,31H,21,23-24H2,1-3H3,(H,36,40)/t31-/m1/s1. The monoisotopic (exact) mass is 633 g/mol. The van der Waals surface area contributed by atoms with Crippen molar-refractivity contribution in [2.24, 2.45) is 0 Å². The van der Waals surface area contributed by atoms with E-state index in [0.717, 1.165) is 15.4 Å². The molecular weight excluding hydrogens is 598 g/mol. The molecule has 0 aliphatic carbocycles. The molecule has 0 aliphatic rings. The lowest BCUT2D eigenvalue weighted by molar-refractivity contribution is -0.140. The van der Waals surface area contributed by atoms with Crippen molar-refractivity contribution < 1.29 is 22.7 Å². The van der Waals surface area contributed by atoms with E-state index in [9.17, 15) is 18.0 Å². The molecule has 230 valence electrons. The second kappa shape index (κ2) is 14.9. The second-order valence-corrected chi connectivity index (χ2v) is 12.8. The fraction of sp³-hybridized carbons (Fsp3) is 0.235. The first-order valence-corrected chi connectivity index (χ1v) is 16.0. The molecule has 0 bridgehead atoms. The summed E-state index contributed by atoms with van der Waals surface area (Å²) in [5.41, 5.74) is 1.83. The highest BCUT2D eigenvalue weighted by atomic mass is 35.5. The lowest BCUT2D eigenvalue weighted by Crippen LogP contribution is -2.54. The maximum Gasteiger partial charge on any atom is 0.264 e. The molecule has 1 atom stereocenters. The Balaban J connectivity index is 1.81. The molecule has 4 aromatic rings. The minimum atomic E-state index is -4.23. The van der Waals surface area contributed by atoms with Crippen LogP contribution >= 0.6 is 11.6 Å². The Morgan fingerprint density at radius 2 is 1.41 bits per heavy atom. The van der Waals surface area contributed by atoms with Crippen LogP contribution in [-0.4, -0.2) is 50.9 Å². The Morgan fingerprint density at radius 3 is 1.95 bits per heavy atom.